The predicted molar refractivity (Wildman–Crippen MR) is 98.8 cm³/mol. The fourth-order valence-corrected chi connectivity index (χ4v) is 3.59. The van der Waals surface area contributed by atoms with Crippen LogP contribution < -0.4 is 4.72 Å². The van der Waals surface area contributed by atoms with Crippen LogP contribution in [0, 0.1) is 17.0 Å². The maximum Gasteiger partial charge on any atom is 0.295 e. The van der Waals surface area contributed by atoms with Crippen molar-refractivity contribution in [2.24, 2.45) is 0 Å². The lowest BCUT2D eigenvalue weighted by atomic mass is 9.86. The summed E-state index contributed by atoms with van der Waals surface area (Å²) in [5.74, 6) is 0. The highest BCUT2D eigenvalue weighted by atomic mass is 35.5. The molecule has 0 saturated heterocycles. The molecule has 8 heteroatoms. The standard InChI is InChI=1S/C17H19ClN2O4S/c1-11-5-7-13(8-6-11)25(23,24)19-16-14(18)9-12(17(2,3)4)10-15(16)20(21)22/h5-10,19H,1-4H3. The first-order valence-electron chi connectivity index (χ1n) is 7.50. The second kappa shape index (κ2) is 6.65. The number of rotatable bonds is 4. The number of hydrogen-bond donors (Lipinski definition) is 1. The Balaban J connectivity index is 2.55. The van der Waals surface area contributed by atoms with Crippen LogP contribution in [0.4, 0.5) is 11.4 Å². The van der Waals surface area contributed by atoms with Gasteiger partial charge in [0, 0.05) is 6.07 Å². The van der Waals surface area contributed by atoms with Crippen molar-refractivity contribution in [3.05, 3.63) is 62.7 Å². The van der Waals surface area contributed by atoms with Crippen LogP contribution in [-0.4, -0.2) is 13.3 Å². The van der Waals surface area contributed by atoms with Crippen molar-refractivity contribution in [1.82, 2.24) is 0 Å². The van der Waals surface area contributed by atoms with Crippen molar-refractivity contribution >= 4 is 33.0 Å². The summed E-state index contributed by atoms with van der Waals surface area (Å²) in [6.07, 6.45) is 0. The summed E-state index contributed by atoms with van der Waals surface area (Å²) in [6.45, 7) is 7.49. The number of halogens is 1. The Morgan fingerprint density at radius 1 is 1.12 bits per heavy atom. The molecule has 0 spiro atoms. The number of aryl methyl sites for hydroxylation is 1. The summed E-state index contributed by atoms with van der Waals surface area (Å²) in [4.78, 5) is 10.8. The van der Waals surface area contributed by atoms with Crippen LogP contribution in [0.15, 0.2) is 41.3 Å². The quantitative estimate of drug-likeness (QED) is 0.615. The Hall–Kier alpha value is -2.12. The largest absolute Gasteiger partial charge is 0.295 e. The van der Waals surface area contributed by atoms with E-state index in [9.17, 15) is 18.5 Å². The van der Waals surface area contributed by atoms with Gasteiger partial charge >= 0.3 is 0 Å². The van der Waals surface area contributed by atoms with E-state index in [0.29, 0.717) is 5.56 Å². The monoisotopic (exact) mass is 382 g/mol. The Morgan fingerprint density at radius 2 is 1.68 bits per heavy atom. The number of nitrogens with one attached hydrogen (secondary N) is 1. The fraction of sp³-hybridized carbons (Fsp3) is 0.294. The van der Waals surface area contributed by atoms with Crippen LogP contribution in [0.5, 0.6) is 0 Å². The van der Waals surface area contributed by atoms with Crippen molar-refractivity contribution in [3.63, 3.8) is 0 Å². The Bertz CT molecular complexity index is 917. The van der Waals surface area contributed by atoms with E-state index in [4.69, 9.17) is 11.6 Å². The summed E-state index contributed by atoms with van der Waals surface area (Å²) in [7, 11) is -4.00. The van der Waals surface area contributed by atoms with E-state index in [1.807, 2.05) is 27.7 Å². The molecule has 6 nitrogen and oxygen atoms in total. The minimum atomic E-state index is -4.00. The topological polar surface area (TPSA) is 89.3 Å². The van der Waals surface area contributed by atoms with Gasteiger partial charge in [-0.3, -0.25) is 14.8 Å². The molecule has 0 radical (unpaired) electrons. The Labute approximate surface area is 152 Å². The minimum Gasteiger partial charge on any atom is -0.272 e. The predicted octanol–water partition coefficient (Wildman–Crippen LogP) is 4.65. The number of benzene rings is 2. The molecule has 0 unspecified atom stereocenters. The van der Waals surface area contributed by atoms with Gasteiger partial charge < -0.3 is 0 Å². The van der Waals surface area contributed by atoms with Crippen molar-refractivity contribution in [2.45, 2.75) is 38.0 Å². The molecule has 0 bridgehead atoms. The number of nitro groups is 1. The van der Waals surface area contributed by atoms with Crippen LogP contribution in [0.25, 0.3) is 0 Å². The molecule has 1 N–H and O–H groups in total. The number of sulfonamides is 1. The Morgan fingerprint density at radius 3 is 2.16 bits per heavy atom. The SMILES string of the molecule is Cc1ccc(S(=O)(=O)Nc2c(Cl)cc(C(C)(C)C)cc2[N+](=O)[O-])cc1. The number of nitrogens with zero attached hydrogens (tertiary/aromatic N) is 1. The maximum absolute atomic E-state index is 12.5. The van der Waals surface area contributed by atoms with E-state index in [2.05, 4.69) is 4.72 Å². The van der Waals surface area contributed by atoms with E-state index >= 15 is 0 Å². The summed E-state index contributed by atoms with van der Waals surface area (Å²) in [5.41, 5.74) is 0.552. The third-order valence-electron chi connectivity index (χ3n) is 3.70. The van der Waals surface area contributed by atoms with Crippen molar-refractivity contribution < 1.29 is 13.3 Å². The van der Waals surface area contributed by atoms with Crippen molar-refractivity contribution in [2.75, 3.05) is 4.72 Å². The molecule has 2 rings (SSSR count). The van der Waals surface area contributed by atoms with Crippen LogP contribution in [0.1, 0.15) is 31.9 Å². The summed E-state index contributed by atoms with van der Waals surface area (Å²) < 4.78 is 27.3. The molecule has 0 aliphatic heterocycles. The van der Waals surface area contributed by atoms with Gasteiger partial charge in [-0.1, -0.05) is 50.1 Å². The van der Waals surface area contributed by atoms with Gasteiger partial charge in [0.05, 0.1) is 14.8 Å². The summed E-state index contributed by atoms with van der Waals surface area (Å²) >= 11 is 6.17. The highest BCUT2D eigenvalue weighted by Gasteiger charge is 2.27. The fourth-order valence-electron chi connectivity index (χ4n) is 2.18. The number of nitro benzene ring substituents is 1. The van der Waals surface area contributed by atoms with E-state index in [0.717, 1.165) is 5.56 Å². The first-order valence-corrected chi connectivity index (χ1v) is 9.36. The van der Waals surface area contributed by atoms with Crippen LogP contribution in [0.3, 0.4) is 0 Å². The van der Waals surface area contributed by atoms with Gasteiger partial charge in [-0.2, -0.15) is 0 Å². The zero-order valence-corrected chi connectivity index (χ0v) is 15.9. The molecule has 2 aromatic carbocycles. The summed E-state index contributed by atoms with van der Waals surface area (Å²) in [5, 5.41) is 11.4. The highest BCUT2D eigenvalue weighted by Crippen LogP contribution is 2.38. The molecule has 0 aliphatic carbocycles. The lowest BCUT2D eigenvalue weighted by Gasteiger charge is -2.20. The normalized spacial score (nSPS) is 12.0. The molecule has 2 aromatic rings. The third-order valence-corrected chi connectivity index (χ3v) is 5.36. The van der Waals surface area contributed by atoms with Gasteiger partial charge in [-0.05, 0) is 36.1 Å². The zero-order valence-electron chi connectivity index (χ0n) is 14.3. The van der Waals surface area contributed by atoms with Crippen LogP contribution in [0.2, 0.25) is 5.02 Å². The highest BCUT2D eigenvalue weighted by molar-refractivity contribution is 7.92. The van der Waals surface area contributed by atoms with Gasteiger partial charge in [0.2, 0.25) is 0 Å². The molecule has 0 atom stereocenters. The lowest BCUT2D eigenvalue weighted by molar-refractivity contribution is -0.384. The smallest absolute Gasteiger partial charge is 0.272 e. The lowest BCUT2D eigenvalue weighted by Crippen LogP contribution is -2.16. The Kier molecular flexibility index (Phi) is 5.11. The first-order chi connectivity index (χ1) is 11.4. The second-order valence-electron chi connectivity index (χ2n) is 6.78. The third kappa shape index (κ3) is 4.29. The van der Waals surface area contributed by atoms with Crippen molar-refractivity contribution in [3.8, 4) is 0 Å². The molecule has 0 fully saturated rings. The molecule has 0 heterocycles. The van der Waals surface area contributed by atoms with Crippen molar-refractivity contribution in [1.29, 1.82) is 0 Å². The van der Waals surface area contributed by atoms with E-state index < -0.39 is 14.9 Å². The minimum absolute atomic E-state index is 0.00311. The van der Waals surface area contributed by atoms with E-state index in [1.165, 1.54) is 18.2 Å². The van der Waals surface area contributed by atoms with Gasteiger partial charge in [0.15, 0.2) is 0 Å². The molecule has 0 aliphatic rings. The molecule has 25 heavy (non-hydrogen) atoms. The van der Waals surface area contributed by atoms with Gasteiger partial charge in [-0.15, -0.1) is 0 Å². The average molecular weight is 383 g/mol. The molecule has 0 saturated carbocycles. The van der Waals surface area contributed by atoms with Gasteiger partial charge in [0.1, 0.15) is 5.69 Å². The molecular weight excluding hydrogens is 364 g/mol. The second-order valence-corrected chi connectivity index (χ2v) is 8.87. The van der Waals surface area contributed by atoms with E-state index in [-0.39, 0.29) is 26.7 Å². The van der Waals surface area contributed by atoms with Gasteiger partial charge in [0.25, 0.3) is 15.7 Å². The molecule has 0 aromatic heterocycles. The molecule has 134 valence electrons. The van der Waals surface area contributed by atoms with Crippen LogP contribution >= 0.6 is 11.6 Å². The average Bonchev–Trinajstić information content (AvgIpc) is 2.48. The maximum atomic E-state index is 12.5. The van der Waals surface area contributed by atoms with Crippen LogP contribution in [-0.2, 0) is 15.4 Å². The number of hydrogen-bond acceptors (Lipinski definition) is 4. The van der Waals surface area contributed by atoms with E-state index in [1.54, 1.807) is 18.2 Å². The summed E-state index contributed by atoms with van der Waals surface area (Å²) in [6, 6.07) is 9.04. The molecular formula is C17H19ClN2O4S. The number of anilines is 1. The molecule has 0 amide bonds. The van der Waals surface area contributed by atoms with Gasteiger partial charge in [-0.25, -0.2) is 8.42 Å². The first kappa shape index (κ1) is 19.2. The zero-order chi connectivity index (χ0) is 19.0.